The molecule has 1 aromatic carbocycles. The first kappa shape index (κ1) is 23.7. The summed E-state index contributed by atoms with van der Waals surface area (Å²) in [6, 6.07) is 1.47. The summed E-state index contributed by atoms with van der Waals surface area (Å²) in [4.78, 5) is 20.7. The standard InChI is InChI=1S/C23H24F5N5O2/c1-12-7-16-15(3-4-18-21(16)35-22(34)31-18)20(33(12)23(26,27)28)19-17(25)8-13(9-29-19)30-14-10-32(11-14)6-2-5-24/h3-4,8-9,12,14,20,30H,2,5-7,10-11H2,1H3,(H,31,34)/t12-,20+/m1/s1. The quantitative estimate of drug-likeness (QED) is 0.397. The predicted molar refractivity (Wildman–Crippen MR) is 118 cm³/mol. The van der Waals surface area contributed by atoms with Crippen LogP contribution in [0, 0.1) is 5.82 Å². The van der Waals surface area contributed by atoms with Gasteiger partial charge in [0.1, 0.15) is 5.82 Å². The molecule has 2 aliphatic rings. The number of rotatable bonds is 6. The second-order valence-electron chi connectivity index (χ2n) is 9.09. The number of fused-ring (bicyclic) bond motifs is 3. The van der Waals surface area contributed by atoms with E-state index in [1.807, 2.05) is 0 Å². The van der Waals surface area contributed by atoms with E-state index in [1.54, 1.807) is 0 Å². The molecule has 0 radical (unpaired) electrons. The van der Waals surface area contributed by atoms with Crippen molar-refractivity contribution in [1.82, 2.24) is 19.8 Å². The smallest absolute Gasteiger partial charge is 0.408 e. The van der Waals surface area contributed by atoms with E-state index >= 15 is 4.39 Å². The highest BCUT2D eigenvalue weighted by molar-refractivity contribution is 5.78. The van der Waals surface area contributed by atoms with Crippen molar-refractivity contribution in [3.05, 3.63) is 57.6 Å². The zero-order chi connectivity index (χ0) is 24.9. The molecular formula is C23H24F5N5O2. The number of oxazole rings is 1. The molecule has 1 saturated heterocycles. The molecule has 2 aromatic heterocycles. The summed E-state index contributed by atoms with van der Waals surface area (Å²) in [7, 11) is 0. The number of aromatic nitrogens is 2. The van der Waals surface area contributed by atoms with E-state index in [1.165, 1.54) is 25.3 Å². The number of halogens is 5. The van der Waals surface area contributed by atoms with E-state index in [0.29, 0.717) is 47.7 Å². The first-order chi connectivity index (χ1) is 16.7. The molecule has 12 heteroatoms. The first-order valence-electron chi connectivity index (χ1n) is 11.4. The third kappa shape index (κ3) is 4.40. The van der Waals surface area contributed by atoms with Crippen molar-refractivity contribution >= 4 is 16.8 Å². The highest BCUT2D eigenvalue weighted by Crippen LogP contribution is 2.45. The number of nitrogens with one attached hydrogen (secondary N) is 2. The number of pyridine rings is 1. The van der Waals surface area contributed by atoms with Gasteiger partial charge in [0.15, 0.2) is 5.58 Å². The molecule has 0 amide bonds. The van der Waals surface area contributed by atoms with Crippen LogP contribution >= 0.6 is 0 Å². The van der Waals surface area contributed by atoms with Gasteiger partial charge in [-0.2, -0.15) is 18.1 Å². The largest absolute Gasteiger partial charge is 0.461 e. The lowest BCUT2D eigenvalue weighted by Gasteiger charge is -2.42. The Balaban J connectivity index is 1.48. The molecule has 2 aliphatic heterocycles. The molecule has 0 aliphatic carbocycles. The van der Waals surface area contributed by atoms with Crippen molar-refractivity contribution in [3.8, 4) is 0 Å². The van der Waals surface area contributed by atoms with Gasteiger partial charge >= 0.3 is 12.1 Å². The zero-order valence-corrected chi connectivity index (χ0v) is 18.8. The Kier molecular flexibility index (Phi) is 6.04. The number of anilines is 1. The number of hydrogen-bond donors (Lipinski definition) is 2. The minimum absolute atomic E-state index is 0.0218. The van der Waals surface area contributed by atoms with Gasteiger partial charge < -0.3 is 9.73 Å². The molecule has 2 atom stereocenters. The maximum Gasteiger partial charge on any atom is 0.461 e. The molecule has 0 saturated carbocycles. The van der Waals surface area contributed by atoms with Crippen molar-refractivity contribution in [2.24, 2.45) is 0 Å². The molecular weight excluding hydrogens is 473 g/mol. The molecule has 5 rings (SSSR count). The van der Waals surface area contributed by atoms with Crippen LogP contribution in [-0.4, -0.2) is 64.5 Å². The Morgan fingerprint density at radius 1 is 1.29 bits per heavy atom. The van der Waals surface area contributed by atoms with Crippen LogP contribution in [-0.2, 0) is 6.42 Å². The lowest BCUT2D eigenvalue weighted by atomic mass is 9.86. The maximum absolute atomic E-state index is 15.3. The third-order valence-electron chi connectivity index (χ3n) is 6.63. The van der Waals surface area contributed by atoms with Crippen LogP contribution in [0.2, 0.25) is 0 Å². The van der Waals surface area contributed by atoms with Crippen molar-refractivity contribution in [2.45, 2.75) is 44.2 Å². The van der Waals surface area contributed by atoms with Crippen LogP contribution in [0.3, 0.4) is 0 Å². The van der Waals surface area contributed by atoms with Crippen LogP contribution in [0.4, 0.5) is 27.6 Å². The summed E-state index contributed by atoms with van der Waals surface area (Å²) in [5, 5.41) is 3.12. The molecule has 0 spiro atoms. The Labute approximate surface area is 196 Å². The van der Waals surface area contributed by atoms with Crippen LogP contribution in [0.1, 0.15) is 36.2 Å². The zero-order valence-electron chi connectivity index (χ0n) is 18.8. The van der Waals surface area contributed by atoms with E-state index < -0.39 is 30.0 Å². The van der Waals surface area contributed by atoms with Gasteiger partial charge in [0.05, 0.1) is 41.9 Å². The van der Waals surface area contributed by atoms with Gasteiger partial charge in [0.2, 0.25) is 0 Å². The molecule has 2 N–H and O–H groups in total. The summed E-state index contributed by atoms with van der Waals surface area (Å²) < 4.78 is 75.3. The SMILES string of the molecule is C[C@@H]1Cc2c(ccc3[nH]c(=O)oc23)[C@@H](c2ncc(NC3CN(CCCF)C3)cc2F)N1C(F)(F)F. The highest BCUT2D eigenvalue weighted by Gasteiger charge is 2.50. The van der Waals surface area contributed by atoms with Crippen LogP contribution < -0.4 is 11.1 Å². The number of alkyl halides is 4. The molecule has 35 heavy (non-hydrogen) atoms. The lowest BCUT2D eigenvalue weighted by molar-refractivity contribution is -0.270. The molecule has 1 fully saturated rings. The predicted octanol–water partition coefficient (Wildman–Crippen LogP) is 3.97. The van der Waals surface area contributed by atoms with Gasteiger partial charge in [-0.25, -0.2) is 9.18 Å². The normalized spacial score (nSPS) is 21.8. The second kappa shape index (κ2) is 8.90. The summed E-state index contributed by atoms with van der Waals surface area (Å²) in [5.74, 6) is -1.59. The van der Waals surface area contributed by atoms with Crippen molar-refractivity contribution in [3.63, 3.8) is 0 Å². The number of likely N-dealkylation sites (tertiary alicyclic amines) is 1. The van der Waals surface area contributed by atoms with Crippen molar-refractivity contribution in [2.75, 3.05) is 31.6 Å². The van der Waals surface area contributed by atoms with Gasteiger partial charge in [-0.1, -0.05) is 6.07 Å². The van der Waals surface area contributed by atoms with Crippen LogP contribution in [0.25, 0.3) is 11.1 Å². The highest BCUT2D eigenvalue weighted by atomic mass is 19.4. The number of nitrogens with zero attached hydrogens (tertiary/aromatic N) is 3. The van der Waals surface area contributed by atoms with Gasteiger partial charge in [-0.05, 0) is 31.4 Å². The molecule has 3 aromatic rings. The fourth-order valence-corrected chi connectivity index (χ4v) is 5.12. The fraction of sp³-hybridized carbons (Fsp3) is 0.478. The fourth-order valence-electron chi connectivity index (χ4n) is 5.12. The minimum atomic E-state index is -4.75. The summed E-state index contributed by atoms with van der Waals surface area (Å²) in [6.07, 6.45) is -3.01. The van der Waals surface area contributed by atoms with Crippen molar-refractivity contribution in [1.29, 1.82) is 0 Å². The first-order valence-corrected chi connectivity index (χ1v) is 11.4. The maximum atomic E-state index is 15.3. The summed E-state index contributed by atoms with van der Waals surface area (Å²) in [5.41, 5.74) is 1.14. The molecule has 0 unspecified atom stereocenters. The number of aromatic amines is 1. The molecule has 7 nitrogen and oxygen atoms in total. The minimum Gasteiger partial charge on any atom is -0.408 e. The Morgan fingerprint density at radius 3 is 2.74 bits per heavy atom. The number of H-pyrrole nitrogens is 1. The Hall–Kier alpha value is -2.99. The Bertz CT molecular complexity index is 1280. The second-order valence-corrected chi connectivity index (χ2v) is 9.09. The van der Waals surface area contributed by atoms with E-state index in [-0.39, 0.29) is 36.0 Å². The van der Waals surface area contributed by atoms with E-state index in [0.717, 1.165) is 6.07 Å². The van der Waals surface area contributed by atoms with Crippen LogP contribution in [0.5, 0.6) is 0 Å². The summed E-state index contributed by atoms with van der Waals surface area (Å²) in [6.45, 7) is 2.98. The monoisotopic (exact) mass is 497 g/mol. The summed E-state index contributed by atoms with van der Waals surface area (Å²) >= 11 is 0. The van der Waals surface area contributed by atoms with E-state index in [4.69, 9.17) is 4.42 Å². The number of benzene rings is 1. The van der Waals surface area contributed by atoms with E-state index in [9.17, 15) is 22.4 Å². The molecule has 188 valence electrons. The van der Waals surface area contributed by atoms with Gasteiger partial charge in [-0.3, -0.25) is 19.3 Å². The van der Waals surface area contributed by atoms with Gasteiger partial charge in [-0.15, -0.1) is 0 Å². The van der Waals surface area contributed by atoms with Crippen LogP contribution in [0.15, 0.2) is 33.6 Å². The molecule has 0 bridgehead atoms. The lowest BCUT2D eigenvalue weighted by Crippen LogP contribution is -2.54. The Morgan fingerprint density at radius 2 is 2.06 bits per heavy atom. The van der Waals surface area contributed by atoms with E-state index in [2.05, 4.69) is 20.2 Å². The van der Waals surface area contributed by atoms with Gasteiger partial charge in [0, 0.05) is 37.3 Å². The number of hydrogen-bond acceptors (Lipinski definition) is 6. The average molecular weight is 497 g/mol. The third-order valence-corrected chi connectivity index (χ3v) is 6.63. The topological polar surface area (TPSA) is 77.4 Å². The van der Waals surface area contributed by atoms with Crippen molar-refractivity contribution < 1.29 is 26.4 Å². The van der Waals surface area contributed by atoms with Gasteiger partial charge in [0.25, 0.3) is 0 Å². The molecule has 4 heterocycles. The average Bonchev–Trinajstić information content (AvgIpc) is 3.14.